The smallest absolute Gasteiger partial charge is 0.0981 e. The summed E-state index contributed by atoms with van der Waals surface area (Å²) >= 11 is 1.88. The van der Waals surface area contributed by atoms with Crippen LogP contribution in [0, 0.1) is 5.92 Å². The molecule has 1 aliphatic heterocycles. The van der Waals surface area contributed by atoms with Crippen molar-refractivity contribution in [3.05, 3.63) is 35.9 Å². The molecule has 1 aromatic rings. The third kappa shape index (κ3) is 2.01. The molecule has 0 amide bonds. The Kier molecular flexibility index (Phi) is 2.92. The maximum absolute atomic E-state index is 4.74. The first-order chi connectivity index (χ1) is 6.77. The first kappa shape index (κ1) is 9.78. The lowest BCUT2D eigenvalue weighted by Crippen LogP contribution is -2.11. The average Bonchev–Trinajstić information content (AvgIpc) is 2.68. The molecule has 0 saturated carbocycles. The predicted molar refractivity (Wildman–Crippen MR) is 64.1 cm³/mol. The van der Waals surface area contributed by atoms with Gasteiger partial charge in [-0.1, -0.05) is 44.2 Å². The van der Waals surface area contributed by atoms with E-state index in [-0.39, 0.29) is 0 Å². The number of aliphatic imine (C=N–C) groups is 1. The molecule has 0 aromatic heterocycles. The molecule has 0 fully saturated rings. The van der Waals surface area contributed by atoms with Crippen molar-refractivity contribution in [2.75, 3.05) is 5.75 Å². The normalized spacial score (nSPS) is 21.4. The van der Waals surface area contributed by atoms with Crippen molar-refractivity contribution in [2.45, 2.75) is 19.9 Å². The van der Waals surface area contributed by atoms with Gasteiger partial charge in [-0.15, -0.1) is 11.8 Å². The van der Waals surface area contributed by atoms with Crippen molar-refractivity contribution >= 4 is 16.8 Å². The molecule has 0 N–H and O–H groups in total. The number of nitrogens with zero attached hydrogens (tertiary/aromatic N) is 1. The van der Waals surface area contributed by atoms with Gasteiger partial charge in [0.15, 0.2) is 0 Å². The van der Waals surface area contributed by atoms with E-state index in [0.717, 1.165) is 5.75 Å². The second-order valence-electron chi connectivity index (χ2n) is 3.92. The molecule has 74 valence electrons. The molecule has 1 nitrogen and oxygen atoms in total. The number of hydrogen-bond donors (Lipinski definition) is 0. The maximum atomic E-state index is 4.74. The van der Waals surface area contributed by atoms with E-state index in [2.05, 4.69) is 38.1 Å². The summed E-state index contributed by atoms with van der Waals surface area (Å²) < 4.78 is 0. The number of benzene rings is 1. The maximum Gasteiger partial charge on any atom is 0.0981 e. The molecule has 14 heavy (non-hydrogen) atoms. The SMILES string of the molecule is CC(C)C1CSC(c2ccccc2)=N1. The van der Waals surface area contributed by atoms with E-state index >= 15 is 0 Å². The summed E-state index contributed by atoms with van der Waals surface area (Å²) in [5.74, 6) is 1.80. The molecular weight excluding hydrogens is 190 g/mol. The van der Waals surface area contributed by atoms with Gasteiger partial charge >= 0.3 is 0 Å². The van der Waals surface area contributed by atoms with E-state index in [1.807, 2.05) is 17.8 Å². The van der Waals surface area contributed by atoms with Crippen LogP contribution in [-0.2, 0) is 0 Å². The lowest BCUT2D eigenvalue weighted by atomic mass is 10.1. The van der Waals surface area contributed by atoms with Crippen LogP contribution in [0.15, 0.2) is 35.3 Å². The summed E-state index contributed by atoms with van der Waals surface area (Å²) in [7, 11) is 0. The second kappa shape index (κ2) is 4.18. The first-order valence-corrected chi connectivity index (χ1v) is 6.02. The van der Waals surface area contributed by atoms with Crippen LogP contribution >= 0.6 is 11.8 Å². The molecule has 0 aliphatic carbocycles. The number of rotatable bonds is 2. The zero-order chi connectivity index (χ0) is 9.97. The highest BCUT2D eigenvalue weighted by Gasteiger charge is 2.21. The highest BCUT2D eigenvalue weighted by Crippen LogP contribution is 2.26. The van der Waals surface area contributed by atoms with Crippen molar-refractivity contribution < 1.29 is 0 Å². The molecule has 1 aliphatic rings. The molecule has 2 heteroatoms. The van der Waals surface area contributed by atoms with Gasteiger partial charge in [-0.2, -0.15) is 0 Å². The van der Waals surface area contributed by atoms with Crippen LogP contribution in [0.5, 0.6) is 0 Å². The summed E-state index contributed by atoms with van der Waals surface area (Å²) in [5.41, 5.74) is 1.26. The Hall–Kier alpha value is -0.760. The Balaban J connectivity index is 2.18. The largest absolute Gasteiger partial charge is 0.273 e. The van der Waals surface area contributed by atoms with Gasteiger partial charge in [-0.25, -0.2) is 0 Å². The lowest BCUT2D eigenvalue weighted by Gasteiger charge is -2.08. The van der Waals surface area contributed by atoms with E-state index < -0.39 is 0 Å². The molecular formula is C12H15NS. The fourth-order valence-electron chi connectivity index (χ4n) is 1.47. The fraction of sp³-hybridized carbons (Fsp3) is 0.417. The molecule has 1 aromatic carbocycles. The number of hydrogen-bond acceptors (Lipinski definition) is 2. The van der Waals surface area contributed by atoms with Gasteiger partial charge in [-0.05, 0) is 5.92 Å². The van der Waals surface area contributed by atoms with E-state index in [4.69, 9.17) is 4.99 Å². The summed E-state index contributed by atoms with van der Waals surface area (Å²) in [6, 6.07) is 11.0. The topological polar surface area (TPSA) is 12.4 Å². The molecule has 1 atom stereocenters. The molecule has 1 heterocycles. The lowest BCUT2D eigenvalue weighted by molar-refractivity contribution is 0.544. The van der Waals surface area contributed by atoms with Crippen molar-refractivity contribution in [3.8, 4) is 0 Å². The van der Waals surface area contributed by atoms with Crippen molar-refractivity contribution in [1.29, 1.82) is 0 Å². The Morgan fingerprint density at radius 1 is 1.29 bits per heavy atom. The van der Waals surface area contributed by atoms with Crippen LogP contribution in [0.1, 0.15) is 19.4 Å². The van der Waals surface area contributed by atoms with Gasteiger partial charge in [-0.3, -0.25) is 4.99 Å². The molecule has 0 bridgehead atoms. The molecule has 0 radical (unpaired) electrons. The minimum Gasteiger partial charge on any atom is -0.273 e. The third-order valence-electron chi connectivity index (χ3n) is 2.46. The van der Waals surface area contributed by atoms with Crippen molar-refractivity contribution in [1.82, 2.24) is 0 Å². The summed E-state index contributed by atoms with van der Waals surface area (Å²) in [6.07, 6.45) is 0. The van der Waals surface area contributed by atoms with Gasteiger partial charge < -0.3 is 0 Å². The minimum absolute atomic E-state index is 0.509. The predicted octanol–water partition coefficient (Wildman–Crippen LogP) is 3.20. The summed E-state index contributed by atoms with van der Waals surface area (Å²) in [4.78, 5) is 4.74. The average molecular weight is 205 g/mol. The van der Waals surface area contributed by atoms with Crippen molar-refractivity contribution in [3.63, 3.8) is 0 Å². The zero-order valence-corrected chi connectivity index (χ0v) is 9.42. The molecule has 1 unspecified atom stereocenters. The van der Waals surface area contributed by atoms with E-state index in [9.17, 15) is 0 Å². The van der Waals surface area contributed by atoms with Crippen LogP contribution in [0.25, 0.3) is 0 Å². The molecule has 0 spiro atoms. The van der Waals surface area contributed by atoms with Crippen molar-refractivity contribution in [2.24, 2.45) is 10.9 Å². The van der Waals surface area contributed by atoms with Gasteiger partial charge in [0.05, 0.1) is 11.1 Å². The van der Waals surface area contributed by atoms with E-state index in [1.54, 1.807) is 0 Å². The van der Waals surface area contributed by atoms with Gasteiger partial charge in [0.1, 0.15) is 0 Å². The Bertz CT molecular complexity index is 329. The first-order valence-electron chi connectivity index (χ1n) is 5.03. The second-order valence-corrected chi connectivity index (χ2v) is 4.93. The molecule has 2 rings (SSSR count). The highest BCUT2D eigenvalue weighted by molar-refractivity contribution is 8.14. The fourth-order valence-corrected chi connectivity index (χ4v) is 2.77. The summed E-state index contributed by atoms with van der Waals surface area (Å²) in [5, 5.41) is 1.21. The Morgan fingerprint density at radius 2 is 2.00 bits per heavy atom. The van der Waals surface area contributed by atoms with Crippen LogP contribution in [0.2, 0.25) is 0 Å². The quantitative estimate of drug-likeness (QED) is 0.722. The van der Waals surface area contributed by atoms with Crippen LogP contribution in [-0.4, -0.2) is 16.8 Å². The Morgan fingerprint density at radius 3 is 2.57 bits per heavy atom. The zero-order valence-electron chi connectivity index (χ0n) is 8.60. The standard InChI is InChI=1S/C12H15NS/c1-9(2)11-8-14-12(13-11)10-6-4-3-5-7-10/h3-7,9,11H,8H2,1-2H3. The Labute approximate surface area is 89.6 Å². The number of thioether (sulfide) groups is 1. The summed E-state index contributed by atoms with van der Waals surface area (Å²) in [6.45, 7) is 4.48. The van der Waals surface area contributed by atoms with Crippen LogP contribution in [0.4, 0.5) is 0 Å². The highest BCUT2D eigenvalue weighted by atomic mass is 32.2. The minimum atomic E-state index is 0.509. The molecule has 0 saturated heterocycles. The monoisotopic (exact) mass is 205 g/mol. The van der Waals surface area contributed by atoms with Crippen LogP contribution in [0.3, 0.4) is 0 Å². The van der Waals surface area contributed by atoms with Crippen LogP contribution < -0.4 is 0 Å². The van der Waals surface area contributed by atoms with Gasteiger partial charge in [0, 0.05) is 11.3 Å². The van der Waals surface area contributed by atoms with E-state index in [0.29, 0.717) is 12.0 Å². The van der Waals surface area contributed by atoms with Gasteiger partial charge in [0.25, 0.3) is 0 Å². The van der Waals surface area contributed by atoms with Gasteiger partial charge in [0.2, 0.25) is 0 Å². The third-order valence-corrected chi connectivity index (χ3v) is 3.59. The van der Waals surface area contributed by atoms with E-state index in [1.165, 1.54) is 10.6 Å².